The van der Waals surface area contributed by atoms with Gasteiger partial charge in [0.25, 0.3) is 0 Å². The van der Waals surface area contributed by atoms with Crippen LogP contribution in [0.1, 0.15) is 57.7 Å². The molecule has 0 spiro atoms. The first kappa shape index (κ1) is 31.7. The molecule has 0 aliphatic carbocycles. The summed E-state index contributed by atoms with van der Waals surface area (Å²) in [6.45, 7) is 8.86. The van der Waals surface area contributed by atoms with E-state index < -0.39 is 40.4 Å². The van der Waals surface area contributed by atoms with Crippen LogP contribution in [0.25, 0.3) is 0 Å². The lowest BCUT2D eigenvalue weighted by molar-refractivity contribution is -0.143. The summed E-state index contributed by atoms with van der Waals surface area (Å²) in [4.78, 5) is 38.5. The molecule has 3 rings (SSSR count). The zero-order valence-corrected chi connectivity index (χ0v) is 25.1. The fourth-order valence-electron chi connectivity index (χ4n) is 4.55. The van der Waals surface area contributed by atoms with Gasteiger partial charge in [0.1, 0.15) is 17.7 Å². The van der Waals surface area contributed by atoms with Gasteiger partial charge in [0.15, 0.2) is 0 Å². The Kier molecular flexibility index (Phi) is 11.0. The van der Waals surface area contributed by atoms with E-state index in [-0.39, 0.29) is 11.7 Å². The van der Waals surface area contributed by atoms with Gasteiger partial charge in [-0.25, -0.2) is 9.59 Å². The van der Waals surface area contributed by atoms with Crippen LogP contribution in [0.4, 0.5) is 4.79 Å². The van der Waals surface area contributed by atoms with Gasteiger partial charge in [-0.3, -0.25) is 4.79 Å². The molecular formula is C33H40N2O5S. The molecule has 0 aromatic heterocycles. The highest BCUT2D eigenvalue weighted by atomic mass is 32.2. The van der Waals surface area contributed by atoms with Crippen molar-refractivity contribution in [3.63, 3.8) is 0 Å². The van der Waals surface area contributed by atoms with Gasteiger partial charge in [0.05, 0.1) is 4.75 Å². The lowest BCUT2D eigenvalue weighted by Gasteiger charge is -2.36. The van der Waals surface area contributed by atoms with E-state index in [1.807, 2.05) is 97.9 Å². The molecule has 3 aromatic carbocycles. The number of aliphatic carboxylic acids is 1. The molecule has 8 heteroatoms. The molecule has 7 nitrogen and oxygen atoms in total. The second kappa shape index (κ2) is 14.2. The Balaban J connectivity index is 2.07. The third kappa shape index (κ3) is 8.36. The minimum absolute atomic E-state index is 0.136. The summed E-state index contributed by atoms with van der Waals surface area (Å²) in [6, 6.07) is 27.8. The zero-order valence-electron chi connectivity index (χ0n) is 24.3. The molecule has 41 heavy (non-hydrogen) atoms. The molecule has 218 valence electrons. The highest BCUT2D eigenvalue weighted by Gasteiger charge is 2.39. The van der Waals surface area contributed by atoms with Crippen molar-refractivity contribution in [2.24, 2.45) is 5.92 Å². The average molecular weight is 577 g/mol. The van der Waals surface area contributed by atoms with Crippen molar-refractivity contribution >= 4 is 29.7 Å². The van der Waals surface area contributed by atoms with E-state index in [0.717, 1.165) is 16.7 Å². The Morgan fingerprint density at radius 3 is 1.61 bits per heavy atom. The number of carbonyl (C=O) groups excluding carboxylic acids is 2. The van der Waals surface area contributed by atoms with Crippen LogP contribution in [0.15, 0.2) is 91.0 Å². The highest BCUT2D eigenvalue weighted by Crippen LogP contribution is 2.48. The molecule has 3 aromatic rings. The summed E-state index contributed by atoms with van der Waals surface area (Å²) in [5.74, 6) is -1.87. The molecule has 0 bridgehead atoms. The number of alkyl carbamates (subject to hydrolysis) is 1. The average Bonchev–Trinajstić information content (AvgIpc) is 2.95. The first-order valence-corrected chi connectivity index (χ1v) is 14.8. The second-order valence-corrected chi connectivity index (χ2v) is 12.2. The van der Waals surface area contributed by atoms with Crippen LogP contribution in [0.3, 0.4) is 0 Å². The largest absolute Gasteiger partial charge is 0.480 e. The molecule has 0 aliphatic heterocycles. The summed E-state index contributed by atoms with van der Waals surface area (Å²) in [5.41, 5.74) is 2.23. The van der Waals surface area contributed by atoms with Gasteiger partial charge in [0, 0.05) is 5.75 Å². The first-order chi connectivity index (χ1) is 19.5. The summed E-state index contributed by atoms with van der Waals surface area (Å²) >= 11 is 1.50. The summed E-state index contributed by atoms with van der Waals surface area (Å²) < 4.78 is 4.73. The highest BCUT2D eigenvalue weighted by molar-refractivity contribution is 8.00. The molecule has 3 atom stereocenters. The van der Waals surface area contributed by atoms with Gasteiger partial charge in [-0.15, -0.1) is 11.8 Å². The predicted molar refractivity (Wildman–Crippen MR) is 164 cm³/mol. The van der Waals surface area contributed by atoms with E-state index in [4.69, 9.17) is 4.74 Å². The number of thioether (sulfide) groups is 1. The van der Waals surface area contributed by atoms with Gasteiger partial charge in [-0.1, -0.05) is 111 Å². The van der Waals surface area contributed by atoms with Crippen molar-refractivity contribution in [1.29, 1.82) is 0 Å². The van der Waals surface area contributed by atoms with E-state index in [1.165, 1.54) is 11.8 Å². The molecular weight excluding hydrogens is 536 g/mol. The van der Waals surface area contributed by atoms with Gasteiger partial charge in [-0.05, 0) is 43.4 Å². The van der Waals surface area contributed by atoms with Crippen LogP contribution in [0.2, 0.25) is 0 Å². The number of rotatable bonds is 12. The van der Waals surface area contributed by atoms with Crippen molar-refractivity contribution in [3.8, 4) is 0 Å². The minimum atomic E-state index is -1.12. The van der Waals surface area contributed by atoms with E-state index in [0.29, 0.717) is 6.42 Å². The molecule has 2 amide bonds. The minimum Gasteiger partial charge on any atom is -0.480 e. The van der Waals surface area contributed by atoms with Crippen LogP contribution in [0.5, 0.6) is 0 Å². The molecule has 0 aliphatic rings. The Hall–Kier alpha value is -3.78. The SMILES string of the molecule is CCC(C)C(NC(=O)C(CSC(c1ccccc1)(c1ccccc1)c1ccccc1)NC(=O)OC(C)(C)C)C(=O)O. The number of carbonyl (C=O) groups is 3. The van der Waals surface area contributed by atoms with E-state index in [9.17, 15) is 19.5 Å². The Bertz CT molecular complexity index is 1180. The number of nitrogens with one attached hydrogen (secondary N) is 2. The monoisotopic (exact) mass is 576 g/mol. The van der Waals surface area contributed by atoms with Crippen molar-refractivity contribution < 1.29 is 24.2 Å². The van der Waals surface area contributed by atoms with Crippen LogP contribution in [0, 0.1) is 5.92 Å². The van der Waals surface area contributed by atoms with Crippen molar-refractivity contribution in [3.05, 3.63) is 108 Å². The number of benzene rings is 3. The van der Waals surface area contributed by atoms with Gasteiger partial charge >= 0.3 is 12.1 Å². The summed E-state index contributed by atoms with van der Waals surface area (Å²) in [7, 11) is 0. The van der Waals surface area contributed by atoms with Crippen molar-refractivity contribution in [2.45, 2.75) is 63.5 Å². The topological polar surface area (TPSA) is 105 Å². The standard InChI is InChI=1S/C33H40N2O5S/c1-6-23(2)28(30(37)38)35-29(36)27(34-31(39)40-32(3,4)5)22-41-33(24-16-10-7-11-17-24,25-18-12-8-13-19-25)26-20-14-9-15-21-26/h7-21,23,27-28H,6,22H2,1-5H3,(H,34,39)(H,35,36)(H,37,38). The van der Waals surface area contributed by atoms with Gasteiger partial charge in [-0.2, -0.15) is 0 Å². The molecule has 0 fully saturated rings. The molecule has 0 radical (unpaired) electrons. The molecule has 0 heterocycles. The molecule has 3 unspecified atom stereocenters. The summed E-state index contributed by atoms with van der Waals surface area (Å²) in [5, 5.41) is 15.2. The number of hydrogen-bond donors (Lipinski definition) is 3. The predicted octanol–water partition coefficient (Wildman–Crippen LogP) is 6.22. The number of amides is 2. The molecule has 0 saturated heterocycles. The fourth-order valence-corrected chi connectivity index (χ4v) is 6.11. The summed E-state index contributed by atoms with van der Waals surface area (Å²) in [6.07, 6.45) is -0.187. The van der Waals surface area contributed by atoms with E-state index in [1.54, 1.807) is 27.7 Å². The molecule has 3 N–H and O–H groups in total. The fraction of sp³-hybridized carbons (Fsp3) is 0.364. The Morgan fingerprint density at radius 1 is 0.805 bits per heavy atom. The quantitative estimate of drug-likeness (QED) is 0.221. The van der Waals surface area contributed by atoms with Crippen molar-refractivity contribution in [2.75, 3.05) is 5.75 Å². The first-order valence-electron chi connectivity index (χ1n) is 13.8. The Morgan fingerprint density at radius 2 is 1.24 bits per heavy atom. The lowest BCUT2D eigenvalue weighted by atomic mass is 9.84. The Labute approximate surface area is 247 Å². The second-order valence-electron chi connectivity index (χ2n) is 11.0. The maximum Gasteiger partial charge on any atom is 0.408 e. The normalized spacial score (nSPS) is 13.9. The molecule has 0 saturated carbocycles. The van der Waals surface area contributed by atoms with Crippen LogP contribution in [-0.2, 0) is 19.1 Å². The third-order valence-electron chi connectivity index (χ3n) is 6.79. The number of hydrogen-bond acceptors (Lipinski definition) is 5. The maximum absolute atomic E-state index is 13.6. The van der Waals surface area contributed by atoms with Gasteiger partial charge in [0.2, 0.25) is 5.91 Å². The van der Waals surface area contributed by atoms with Crippen LogP contribution in [-0.4, -0.2) is 46.5 Å². The van der Waals surface area contributed by atoms with E-state index in [2.05, 4.69) is 10.6 Å². The van der Waals surface area contributed by atoms with Gasteiger partial charge < -0.3 is 20.5 Å². The van der Waals surface area contributed by atoms with Crippen LogP contribution >= 0.6 is 11.8 Å². The lowest BCUT2D eigenvalue weighted by Crippen LogP contribution is -2.55. The number of ether oxygens (including phenoxy) is 1. The van der Waals surface area contributed by atoms with Crippen LogP contribution < -0.4 is 10.6 Å². The maximum atomic E-state index is 13.6. The number of carboxylic acids is 1. The van der Waals surface area contributed by atoms with E-state index >= 15 is 0 Å². The smallest absolute Gasteiger partial charge is 0.408 e. The third-order valence-corrected chi connectivity index (χ3v) is 8.43. The van der Waals surface area contributed by atoms with Crippen molar-refractivity contribution in [1.82, 2.24) is 10.6 Å². The number of carboxylic acid groups (broad SMARTS) is 1. The zero-order chi connectivity index (χ0) is 30.0.